The standard InChI is InChI=1S/C28H46N4O4S/c1-22-17-23(2)28(24(3)18-22)37(34,35)32-10-6-5-7-26(32)20-36-21-27(33)31-15-13-30(14-16-31)19-25-8-11-29(4)12-9-25/h17-18,25-26H,5-16,19-21H2,1-4H3. The van der Waals surface area contributed by atoms with Gasteiger partial charge in [0.25, 0.3) is 0 Å². The van der Waals surface area contributed by atoms with Gasteiger partial charge in [-0.1, -0.05) is 24.1 Å². The number of piperazine rings is 1. The van der Waals surface area contributed by atoms with Gasteiger partial charge in [0.15, 0.2) is 0 Å². The predicted molar refractivity (Wildman–Crippen MR) is 146 cm³/mol. The molecule has 3 aliphatic heterocycles. The van der Waals surface area contributed by atoms with Gasteiger partial charge in [-0.25, -0.2) is 8.42 Å². The van der Waals surface area contributed by atoms with E-state index >= 15 is 0 Å². The maximum absolute atomic E-state index is 13.7. The van der Waals surface area contributed by atoms with Crippen molar-refractivity contribution in [3.8, 4) is 0 Å². The molecule has 1 aromatic carbocycles. The van der Waals surface area contributed by atoms with Crippen molar-refractivity contribution in [2.75, 3.05) is 72.6 Å². The van der Waals surface area contributed by atoms with Crippen molar-refractivity contribution in [2.24, 2.45) is 5.92 Å². The number of ether oxygens (including phenoxy) is 1. The van der Waals surface area contributed by atoms with E-state index in [-0.39, 0.29) is 25.2 Å². The first-order chi connectivity index (χ1) is 17.6. The smallest absolute Gasteiger partial charge is 0.248 e. The minimum absolute atomic E-state index is 0.00869. The Bertz CT molecular complexity index is 1010. The highest BCUT2D eigenvalue weighted by atomic mass is 32.2. The lowest BCUT2D eigenvalue weighted by Gasteiger charge is -2.38. The Balaban J connectivity index is 1.26. The summed E-state index contributed by atoms with van der Waals surface area (Å²) in [7, 11) is -1.44. The third kappa shape index (κ3) is 7.12. The highest BCUT2D eigenvalue weighted by molar-refractivity contribution is 7.89. The lowest BCUT2D eigenvalue weighted by atomic mass is 9.96. The van der Waals surface area contributed by atoms with Crippen LogP contribution in [0.4, 0.5) is 0 Å². The molecule has 1 aromatic rings. The average molecular weight is 535 g/mol. The fourth-order valence-electron chi connectivity index (χ4n) is 6.31. The SMILES string of the molecule is Cc1cc(C)c(S(=O)(=O)N2CCCCC2COCC(=O)N2CCN(CC3CCN(C)CC3)CC2)c(C)c1. The van der Waals surface area contributed by atoms with Crippen LogP contribution in [0, 0.1) is 26.7 Å². The lowest BCUT2D eigenvalue weighted by molar-refractivity contribution is -0.138. The van der Waals surface area contributed by atoms with Crippen LogP contribution in [0.15, 0.2) is 17.0 Å². The van der Waals surface area contributed by atoms with Crippen LogP contribution in [-0.4, -0.2) is 112 Å². The van der Waals surface area contributed by atoms with Crippen molar-refractivity contribution >= 4 is 15.9 Å². The van der Waals surface area contributed by atoms with E-state index in [1.54, 1.807) is 4.31 Å². The molecule has 0 N–H and O–H groups in total. The van der Waals surface area contributed by atoms with Gasteiger partial charge in [-0.2, -0.15) is 4.31 Å². The second-order valence-corrected chi connectivity index (χ2v) is 13.3. The van der Waals surface area contributed by atoms with Gasteiger partial charge in [-0.05, 0) is 83.6 Å². The van der Waals surface area contributed by atoms with Crippen molar-refractivity contribution < 1.29 is 17.9 Å². The van der Waals surface area contributed by atoms with Gasteiger partial charge in [-0.15, -0.1) is 0 Å². The molecule has 3 fully saturated rings. The lowest BCUT2D eigenvalue weighted by Crippen LogP contribution is -2.51. The van der Waals surface area contributed by atoms with Gasteiger partial charge < -0.3 is 14.5 Å². The molecule has 0 saturated carbocycles. The van der Waals surface area contributed by atoms with Gasteiger partial charge in [0.2, 0.25) is 15.9 Å². The van der Waals surface area contributed by atoms with Crippen molar-refractivity contribution in [3.63, 3.8) is 0 Å². The number of aryl methyl sites for hydroxylation is 3. The van der Waals surface area contributed by atoms with Crippen LogP contribution in [0.2, 0.25) is 0 Å². The van der Waals surface area contributed by atoms with Gasteiger partial charge in [-0.3, -0.25) is 9.69 Å². The summed E-state index contributed by atoms with van der Waals surface area (Å²) in [6, 6.07) is 3.63. The second-order valence-electron chi connectivity index (χ2n) is 11.4. The Morgan fingerprint density at radius 1 is 0.919 bits per heavy atom. The van der Waals surface area contributed by atoms with Crippen molar-refractivity contribution in [1.82, 2.24) is 19.0 Å². The number of nitrogens with zero attached hydrogens (tertiary/aromatic N) is 4. The first kappa shape index (κ1) is 28.5. The van der Waals surface area contributed by atoms with Crippen LogP contribution >= 0.6 is 0 Å². The molecular formula is C28H46N4O4S. The Labute approximate surface area is 224 Å². The molecule has 208 valence electrons. The highest BCUT2D eigenvalue weighted by Gasteiger charge is 2.35. The zero-order chi connectivity index (χ0) is 26.6. The molecule has 0 aliphatic carbocycles. The van der Waals surface area contributed by atoms with Crippen LogP contribution in [0.5, 0.6) is 0 Å². The van der Waals surface area contributed by atoms with E-state index < -0.39 is 10.0 Å². The third-order valence-electron chi connectivity index (χ3n) is 8.36. The minimum Gasteiger partial charge on any atom is -0.370 e. The van der Waals surface area contributed by atoms with Gasteiger partial charge in [0.1, 0.15) is 6.61 Å². The fraction of sp³-hybridized carbons (Fsp3) is 0.750. The first-order valence-electron chi connectivity index (χ1n) is 14.0. The van der Waals surface area contributed by atoms with E-state index in [0.29, 0.717) is 11.4 Å². The molecule has 0 aromatic heterocycles. The molecule has 4 rings (SSSR count). The molecule has 3 saturated heterocycles. The molecule has 37 heavy (non-hydrogen) atoms. The number of benzene rings is 1. The Morgan fingerprint density at radius 2 is 1.57 bits per heavy atom. The van der Waals surface area contributed by atoms with E-state index in [1.807, 2.05) is 37.8 Å². The van der Waals surface area contributed by atoms with E-state index in [9.17, 15) is 13.2 Å². The number of hydrogen-bond donors (Lipinski definition) is 0. The number of carbonyl (C=O) groups excluding carboxylic acids is 1. The molecular weight excluding hydrogens is 488 g/mol. The molecule has 3 heterocycles. The van der Waals surface area contributed by atoms with Crippen LogP contribution in [0.25, 0.3) is 0 Å². The van der Waals surface area contributed by atoms with Gasteiger partial charge in [0.05, 0.1) is 11.5 Å². The van der Waals surface area contributed by atoms with Gasteiger partial charge in [0, 0.05) is 45.3 Å². The van der Waals surface area contributed by atoms with Crippen molar-refractivity contribution in [3.05, 3.63) is 28.8 Å². The molecule has 1 atom stereocenters. The third-order valence-corrected chi connectivity index (χ3v) is 10.6. The fourth-order valence-corrected chi connectivity index (χ4v) is 8.41. The molecule has 8 nitrogen and oxygen atoms in total. The van der Waals surface area contributed by atoms with Crippen LogP contribution in [0.1, 0.15) is 48.8 Å². The number of sulfonamides is 1. The largest absolute Gasteiger partial charge is 0.370 e. The van der Waals surface area contributed by atoms with Crippen LogP contribution < -0.4 is 0 Å². The summed E-state index contributed by atoms with van der Waals surface area (Å²) in [4.78, 5) is 20.1. The van der Waals surface area contributed by atoms with Crippen LogP contribution in [0.3, 0.4) is 0 Å². The molecule has 0 spiro atoms. The topological polar surface area (TPSA) is 73.4 Å². The summed E-state index contributed by atoms with van der Waals surface area (Å²) in [5.74, 6) is 0.776. The molecule has 3 aliphatic rings. The van der Waals surface area contributed by atoms with E-state index in [1.165, 1.54) is 25.9 Å². The number of likely N-dealkylation sites (tertiary alicyclic amines) is 1. The summed E-state index contributed by atoms with van der Waals surface area (Å²) in [5, 5.41) is 0. The first-order valence-corrected chi connectivity index (χ1v) is 15.4. The van der Waals surface area contributed by atoms with E-state index in [0.717, 1.165) is 74.6 Å². The number of hydrogen-bond acceptors (Lipinski definition) is 6. The summed E-state index contributed by atoms with van der Waals surface area (Å²) in [5.41, 5.74) is 2.63. The van der Waals surface area contributed by atoms with E-state index in [2.05, 4.69) is 16.8 Å². The number of rotatable bonds is 8. The second kappa shape index (κ2) is 12.6. The number of carbonyl (C=O) groups is 1. The quantitative estimate of drug-likeness (QED) is 0.511. The normalized spacial score (nSPS) is 23.5. The zero-order valence-corrected chi connectivity index (χ0v) is 24.1. The summed E-state index contributed by atoms with van der Waals surface area (Å²) >= 11 is 0. The maximum atomic E-state index is 13.7. The number of piperidine rings is 2. The Hall–Kier alpha value is -1.52. The Kier molecular flexibility index (Phi) is 9.67. The van der Waals surface area contributed by atoms with Gasteiger partial charge >= 0.3 is 0 Å². The minimum atomic E-state index is -3.63. The summed E-state index contributed by atoms with van der Waals surface area (Å²) in [6.45, 7) is 13.3. The molecule has 9 heteroatoms. The average Bonchev–Trinajstić information content (AvgIpc) is 2.85. The maximum Gasteiger partial charge on any atom is 0.248 e. The highest BCUT2D eigenvalue weighted by Crippen LogP contribution is 2.30. The summed E-state index contributed by atoms with van der Waals surface area (Å²) in [6.07, 6.45) is 5.10. The molecule has 1 amide bonds. The number of amides is 1. The molecule has 0 radical (unpaired) electrons. The monoisotopic (exact) mass is 534 g/mol. The Morgan fingerprint density at radius 3 is 2.22 bits per heavy atom. The zero-order valence-electron chi connectivity index (χ0n) is 23.2. The summed E-state index contributed by atoms with van der Waals surface area (Å²) < 4.78 is 34.8. The molecule has 0 bridgehead atoms. The predicted octanol–water partition coefficient (Wildman–Crippen LogP) is 2.66. The van der Waals surface area contributed by atoms with Crippen LogP contribution in [-0.2, 0) is 19.6 Å². The van der Waals surface area contributed by atoms with Crippen molar-refractivity contribution in [2.45, 2.75) is 63.8 Å². The molecule has 1 unspecified atom stereocenters. The van der Waals surface area contributed by atoms with E-state index in [4.69, 9.17) is 4.74 Å². The van der Waals surface area contributed by atoms with Crippen molar-refractivity contribution in [1.29, 1.82) is 0 Å².